The largest absolute Gasteiger partial charge is 0.469 e. The fourth-order valence-electron chi connectivity index (χ4n) is 1.26. The molecule has 0 rings (SSSR count). The van der Waals surface area contributed by atoms with Crippen LogP contribution in [0, 0.1) is 5.92 Å². The molecule has 0 saturated carbocycles. The molecule has 0 heterocycles. The summed E-state index contributed by atoms with van der Waals surface area (Å²) in [5.74, 6) is -0.553. The molecule has 0 amide bonds. The minimum atomic E-state index is -0.441. The molecule has 88 valence electrons. The Morgan fingerprint density at radius 2 is 2.07 bits per heavy atom. The Kier molecular flexibility index (Phi) is 8.01. The van der Waals surface area contributed by atoms with Crippen molar-refractivity contribution in [3.8, 4) is 0 Å². The zero-order valence-electron chi connectivity index (χ0n) is 9.90. The summed E-state index contributed by atoms with van der Waals surface area (Å²) >= 11 is 0. The second-order valence-electron chi connectivity index (χ2n) is 3.76. The van der Waals surface area contributed by atoms with Gasteiger partial charge in [-0.25, -0.2) is 0 Å². The van der Waals surface area contributed by atoms with Crippen molar-refractivity contribution >= 4 is 5.97 Å². The minimum Gasteiger partial charge on any atom is -0.469 e. The number of ether oxygens (including phenoxy) is 1. The second-order valence-corrected chi connectivity index (χ2v) is 3.76. The molecule has 0 bridgehead atoms. The van der Waals surface area contributed by atoms with E-state index in [1.807, 2.05) is 0 Å². The highest BCUT2D eigenvalue weighted by atomic mass is 16.5. The van der Waals surface area contributed by atoms with Crippen LogP contribution in [0.4, 0.5) is 0 Å². The molecule has 0 aliphatic rings. The first-order valence-corrected chi connectivity index (χ1v) is 5.56. The summed E-state index contributed by atoms with van der Waals surface area (Å²) in [6, 6.07) is 0. The highest BCUT2D eigenvalue weighted by Crippen LogP contribution is 2.06. The van der Waals surface area contributed by atoms with Crippen LogP contribution in [0.2, 0.25) is 0 Å². The Morgan fingerprint density at radius 3 is 2.60 bits per heavy atom. The second kappa shape index (κ2) is 8.48. The van der Waals surface area contributed by atoms with Gasteiger partial charge in [0.05, 0.1) is 19.1 Å². The summed E-state index contributed by atoms with van der Waals surface area (Å²) in [6.45, 7) is 3.88. The zero-order valence-corrected chi connectivity index (χ0v) is 9.90. The Bertz CT molecular complexity index is 199. The van der Waals surface area contributed by atoms with Crippen LogP contribution in [-0.2, 0) is 9.53 Å². The molecule has 2 unspecified atom stereocenters. The van der Waals surface area contributed by atoms with Crippen LogP contribution in [0.5, 0.6) is 0 Å². The number of hydrogen-bond donors (Lipinski definition) is 1. The van der Waals surface area contributed by atoms with Gasteiger partial charge in [0.15, 0.2) is 0 Å². The first kappa shape index (κ1) is 14.2. The molecule has 15 heavy (non-hydrogen) atoms. The number of aliphatic hydroxyl groups is 1. The summed E-state index contributed by atoms with van der Waals surface area (Å²) in [4.78, 5) is 11.0. The molecule has 0 aromatic heterocycles. The van der Waals surface area contributed by atoms with Gasteiger partial charge in [0.2, 0.25) is 0 Å². The van der Waals surface area contributed by atoms with Crippen LogP contribution in [0.3, 0.4) is 0 Å². The maximum atomic E-state index is 11.0. The lowest BCUT2D eigenvalue weighted by molar-refractivity contribution is -0.143. The van der Waals surface area contributed by atoms with E-state index in [4.69, 9.17) is 0 Å². The smallest absolute Gasteiger partial charge is 0.312 e. The van der Waals surface area contributed by atoms with Crippen molar-refractivity contribution in [3.05, 3.63) is 12.2 Å². The lowest BCUT2D eigenvalue weighted by Crippen LogP contribution is -2.11. The van der Waals surface area contributed by atoms with Crippen LogP contribution in [0.25, 0.3) is 0 Å². The monoisotopic (exact) mass is 214 g/mol. The summed E-state index contributed by atoms with van der Waals surface area (Å²) in [5, 5.41) is 9.54. The highest BCUT2D eigenvalue weighted by molar-refractivity contribution is 5.73. The van der Waals surface area contributed by atoms with E-state index in [1.165, 1.54) is 7.11 Å². The van der Waals surface area contributed by atoms with Crippen molar-refractivity contribution in [1.82, 2.24) is 0 Å². The Balaban J connectivity index is 3.78. The zero-order chi connectivity index (χ0) is 11.7. The summed E-state index contributed by atoms with van der Waals surface area (Å²) < 4.78 is 4.57. The molecule has 0 radical (unpaired) electrons. The van der Waals surface area contributed by atoms with E-state index in [9.17, 15) is 9.90 Å². The first-order valence-electron chi connectivity index (χ1n) is 5.56. The third-order valence-electron chi connectivity index (χ3n) is 2.30. The van der Waals surface area contributed by atoms with Gasteiger partial charge >= 0.3 is 5.97 Å². The van der Waals surface area contributed by atoms with E-state index in [0.29, 0.717) is 0 Å². The molecule has 0 fully saturated rings. The molecule has 0 aromatic carbocycles. The Labute approximate surface area is 92.1 Å². The van der Waals surface area contributed by atoms with Gasteiger partial charge in [0.1, 0.15) is 0 Å². The fourth-order valence-corrected chi connectivity index (χ4v) is 1.26. The first-order chi connectivity index (χ1) is 7.11. The summed E-state index contributed by atoms with van der Waals surface area (Å²) in [5.41, 5.74) is 0. The lowest BCUT2D eigenvalue weighted by Gasteiger charge is -2.06. The van der Waals surface area contributed by atoms with Gasteiger partial charge in [-0.15, -0.1) is 0 Å². The number of hydrogen-bond acceptors (Lipinski definition) is 3. The molecular formula is C12H22O3. The van der Waals surface area contributed by atoms with Crippen molar-refractivity contribution in [2.24, 2.45) is 5.92 Å². The van der Waals surface area contributed by atoms with Crippen molar-refractivity contribution < 1.29 is 14.6 Å². The van der Waals surface area contributed by atoms with Crippen LogP contribution in [-0.4, -0.2) is 24.3 Å². The van der Waals surface area contributed by atoms with E-state index < -0.39 is 6.10 Å². The van der Waals surface area contributed by atoms with Crippen molar-refractivity contribution in [1.29, 1.82) is 0 Å². The van der Waals surface area contributed by atoms with E-state index in [-0.39, 0.29) is 11.9 Å². The third kappa shape index (κ3) is 7.14. The maximum Gasteiger partial charge on any atom is 0.312 e. The predicted octanol–water partition coefficient (Wildman–Crippen LogP) is 2.29. The van der Waals surface area contributed by atoms with E-state index in [2.05, 4.69) is 11.7 Å². The maximum absolute atomic E-state index is 11.0. The van der Waals surface area contributed by atoms with Gasteiger partial charge in [0.25, 0.3) is 0 Å². The van der Waals surface area contributed by atoms with Crippen molar-refractivity contribution in [3.63, 3.8) is 0 Å². The van der Waals surface area contributed by atoms with Crippen molar-refractivity contribution in [2.45, 2.75) is 45.6 Å². The van der Waals surface area contributed by atoms with Crippen LogP contribution in [0.15, 0.2) is 12.2 Å². The molecule has 3 heteroatoms. The number of unbranched alkanes of at least 4 members (excludes halogenated alkanes) is 2. The number of carbonyl (C=O) groups is 1. The van der Waals surface area contributed by atoms with E-state index >= 15 is 0 Å². The number of rotatable bonds is 7. The van der Waals surface area contributed by atoms with Gasteiger partial charge < -0.3 is 9.84 Å². The molecule has 1 N–H and O–H groups in total. The Hall–Kier alpha value is -0.830. The molecule has 0 saturated heterocycles. The van der Waals surface area contributed by atoms with Crippen LogP contribution in [0.1, 0.15) is 39.5 Å². The highest BCUT2D eigenvalue weighted by Gasteiger charge is 2.09. The SMILES string of the molecule is CCCCCC(O)C=CC(C)C(=O)OC. The molecule has 0 spiro atoms. The fraction of sp³-hybridized carbons (Fsp3) is 0.750. The van der Waals surface area contributed by atoms with E-state index in [1.54, 1.807) is 19.1 Å². The average molecular weight is 214 g/mol. The van der Waals surface area contributed by atoms with Gasteiger partial charge in [-0.3, -0.25) is 4.79 Å². The van der Waals surface area contributed by atoms with Gasteiger partial charge in [-0.1, -0.05) is 38.3 Å². The Morgan fingerprint density at radius 1 is 1.40 bits per heavy atom. The van der Waals surface area contributed by atoms with Crippen LogP contribution < -0.4 is 0 Å². The normalized spacial score (nSPS) is 15.2. The average Bonchev–Trinajstić information content (AvgIpc) is 2.25. The number of aliphatic hydroxyl groups excluding tert-OH is 1. The summed E-state index contributed by atoms with van der Waals surface area (Å²) in [6.07, 6.45) is 7.00. The standard InChI is InChI=1S/C12H22O3/c1-4-5-6-7-11(13)9-8-10(2)12(14)15-3/h8-11,13H,4-7H2,1-3H3. The molecule has 2 atom stereocenters. The molecule has 0 aromatic rings. The third-order valence-corrected chi connectivity index (χ3v) is 2.30. The molecule has 0 aliphatic heterocycles. The quantitative estimate of drug-likeness (QED) is 0.402. The number of methoxy groups -OCH3 is 1. The molecule has 0 aliphatic carbocycles. The van der Waals surface area contributed by atoms with Crippen molar-refractivity contribution in [2.75, 3.05) is 7.11 Å². The lowest BCUT2D eigenvalue weighted by atomic mass is 10.1. The van der Waals surface area contributed by atoms with E-state index in [0.717, 1.165) is 25.7 Å². The number of carbonyl (C=O) groups excluding carboxylic acids is 1. The minimum absolute atomic E-state index is 0.271. The molecule has 3 nitrogen and oxygen atoms in total. The predicted molar refractivity (Wildman–Crippen MR) is 60.5 cm³/mol. The van der Waals surface area contributed by atoms with Gasteiger partial charge in [-0.2, -0.15) is 0 Å². The van der Waals surface area contributed by atoms with Gasteiger partial charge in [-0.05, 0) is 13.3 Å². The van der Waals surface area contributed by atoms with Crippen LogP contribution >= 0.6 is 0 Å². The molecular weight excluding hydrogens is 192 g/mol. The number of esters is 1. The summed E-state index contributed by atoms with van der Waals surface area (Å²) in [7, 11) is 1.37. The topological polar surface area (TPSA) is 46.5 Å². The van der Waals surface area contributed by atoms with Gasteiger partial charge in [0, 0.05) is 0 Å².